The summed E-state index contributed by atoms with van der Waals surface area (Å²) in [5.41, 5.74) is 6.32. The van der Waals surface area contributed by atoms with Gasteiger partial charge in [-0.1, -0.05) is 23.7 Å². The second kappa shape index (κ2) is 4.99. The summed E-state index contributed by atoms with van der Waals surface area (Å²) < 4.78 is 5.44. The van der Waals surface area contributed by atoms with Crippen LogP contribution in [-0.2, 0) is 6.61 Å². The number of benzene rings is 1. The van der Waals surface area contributed by atoms with Gasteiger partial charge in [-0.25, -0.2) is 4.98 Å². The van der Waals surface area contributed by atoms with Gasteiger partial charge in [0.1, 0.15) is 22.9 Å². The highest BCUT2D eigenvalue weighted by Crippen LogP contribution is 2.29. The fourth-order valence-corrected chi connectivity index (χ4v) is 1.35. The van der Waals surface area contributed by atoms with Crippen LogP contribution in [0.3, 0.4) is 0 Å². The van der Waals surface area contributed by atoms with E-state index in [-0.39, 0.29) is 23.3 Å². The Bertz CT molecular complexity index is 517. The van der Waals surface area contributed by atoms with Crippen molar-refractivity contribution in [1.82, 2.24) is 9.97 Å². The Hall–Kier alpha value is -1.85. The molecular weight excluding hydrogens is 242 g/mol. The number of hydrogen-bond acceptors (Lipinski definition) is 5. The van der Waals surface area contributed by atoms with Gasteiger partial charge in [-0.05, 0) is 17.7 Å². The Balaban J connectivity index is 2.22. The van der Waals surface area contributed by atoms with Crippen LogP contribution < -0.4 is 10.5 Å². The van der Waals surface area contributed by atoms with Gasteiger partial charge in [0, 0.05) is 0 Å². The number of aliphatic hydroxyl groups excluding tert-OH is 1. The summed E-state index contributed by atoms with van der Waals surface area (Å²) in [6, 6.07) is 6.90. The van der Waals surface area contributed by atoms with Crippen molar-refractivity contribution < 1.29 is 9.84 Å². The van der Waals surface area contributed by atoms with Crippen LogP contribution in [0.1, 0.15) is 5.56 Å². The van der Waals surface area contributed by atoms with Gasteiger partial charge in [-0.3, -0.25) is 0 Å². The summed E-state index contributed by atoms with van der Waals surface area (Å²) >= 11 is 5.89. The van der Waals surface area contributed by atoms with Gasteiger partial charge in [0.15, 0.2) is 0 Å². The molecule has 6 heteroatoms. The number of aromatic nitrogens is 2. The summed E-state index contributed by atoms with van der Waals surface area (Å²) in [5.74, 6) is 0.932. The van der Waals surface area contributed by atoms with Crippen molar-refractivity contribution in [2.75, 3.05) is 5.73 Å². The first-order valence-corrected chi connectivity index (χ1v) is 5.22. The smallest absolute Gasteiger partial charge is 0.243 e. The first kappa shape index (κ1) is 11.6. The standard InChI is InChI=1S/C11H10ClN3O2/c12-9-10(13)14-6-15-11(9)17-8-3-1-7(5-16)2-4-8/h1-4,6,16H,5H2,(H2,13,14,15). The molecule has 0 radical (unpaired) electrons. The molecule has 0 saturated carbocycles. The molecule has 17 heavy (non-hydrogen) atoms. The number of nitrogen functional groups attached to an aromatic ring is 1. The predicted octanol–water partition coefficient (Wildman–Crippen LogP) is 2.00. The molecular formula is C11H10ClN3O2. The summed E-state index contributed by atoms with van der Waals surface area (Å²) in [4.78, 5) is 7.61. The molecule has 0 fully saturated rings. The SMILES string of the molecule is Nc1ncnc(Oc2ccc(CO)cc2)c1Cl. The van der Waals surface area contributed by atoms with E-state index in [1.165, 1.54) is 6.33 Å². The molecule has 2 rings (SSSR count). The fraction of sp³-hybridized carbons (Fsp3) is 0.0909. The van der Waals surface area contributed by atoms with Crippen molar-refractivity contribution in [3.05, 3.63) is 41.2 Å². The number of anilines is 1. The number of hydrogen-bond donors (Lipinski definition) is 2. The molecule has 0 spiro atoms. The van der Waals surface area contributed by atoms with Crippen LogP contribution in [0, 0.1) is 0 Å². The third-order valence-corrected chi connectivity index (χ3v) is 2.46. The number of halogens is 1. The summed E-state index contributed by atoms with van der Waals surface area (Å²) in [5, 5.41) is 9.08. The van der Waals surface area contributed by atoms with Crippen LogP contribution in [-0.4, -0.2) is 15.1 Å². The molecule has 0 aliphatic rings. The van der Waals surface area contributed by atoms with Crippen LogP contribution >= 0.6 is 11.6 Å². The third kappa shape index (κ3) is 2.64. The lowest BCUT2D eigenvalue weighted by Gasteiger charge is -2.07. The van der Waals surface area contributed by atoms with E-state index >= 15 is 0 Å². The van der Waals surface area contributed by atoms with Crippen molar-refractivity contribution in [2.24, 2.45) is 0 Å². The lowest BCUT2D eigenvalue weighted by atomic mass is 10.2. The normalized spacial score (nSPS) is 10.2. The molecule has 0 amide bonds. The number of rotatable bonds is 3. The molecule has 5 nitrogen and oxygen atoms in total. The zero-order chi connectivity index (χ0) is 12.3. The molecule has 0 unspecified atom stereocenters. The molecule has 0 aliphatic heterocycles. The summed E-state index contributed by atoms with van der Waals surface area (Å²) in [6.07, 6.45) is 1.28. The van der Waals surface area contributed by atoms with Crippen LogP contribution in [0.25, 0.3) is 0 Å². The van der Waals surface area contributed by atoms with E-state index < -0.39 is 0 Å². The first-order valence-electron chi connectivity index (χ1n) is 4.84. The van der Waals surface area contributed by atoms with E-state index in [2.05, 4.69) is 9.97 Å². The first-order chi connectivity index (χ1) is 8.20. The monoisotopic (exact) mass is 251 g/mol. The molecule has 0 bridgehead atoms. The van der Waals surface area contributed by atoms with Gasteiger partial charge < -0.3 is 15.6 Å². The van der Waals surface area contributed by atoms with Gasteiger partial charge in [-0.15, -0.1) is 0 Å². The van der Waals surface area contributed by atoms with E-state index in [1.54, 1.807) is 24.3 Å². The molecule has 88 valence electrons. The van der Waals surface area contributed by atoms with Crippen LogP contribution in [0.4, 0.5) is 5.82 Å². The van der Waals surface area contributed by atoms with Gasteiger partial charge in [0.25, 0.3) is 0 Å². The average molecular weight is 252 g/mol. The Morgan fingerprint density at radius 3 is 2.59 bits per heavy atom. The topological polar surface area (TPSA) is 81.3 Å². The number of nitrogens with zero attached hydrogens (tertiary/aromatic N) is 2. The Morgan fingerprint density at radius 2 is 1.94 bits per heavy atom. The lowest BCUT2D eigenvalue weighted by Crippen LogP contribution is -1.96. The molecule has 2 aromatic rings. The quantitative estimate of drug-likeness (QED) is 0.872. The van der Waals surface area contributed by atoms with Crippen molar-refractivity contribution in [2.45, 2.75) is 6.61 Å². The van der Waals surface area contributed by atoms with Crippen molar-refractivity contribution in [3.63, 3.8) is 0 Å². The second-order valence-electron chi connectivity index (χ2n) is 3.28. The van der Waals surface area contributed by atoms with E-state index in [0.717, 1.165) is 5.56 Å². The second-order valence-corrected chi connectivity index (χ2v) is 3.66. The maximum Gasteiger partial charge on any atom is 0.243 e. The fourth-order valence-electron chi connectivity index (χ4n) is 1.21. The average Bonchev–Trinajstić information content (AvgIpc) is 2.36. The largest absolute Gasteiger partial charge is 0.437 e. The summed E-state index contributed by atoms with van der Waals surface area (Å²) in [6.45, 7) is -0.0124. The Kier molecular flexibility index (Phi) is 3.41. The minimum atomic E-state index is -0.0124. The van der Waals surface area contributed by atoms with Gasteiger partial charge in [0.05, 0.1) is 6.61 Å². The third-order valence-electron chi connectivity index (χ3n) is 2.10. The van der Waals surface area contributed by atoms with Gasteiger partial charge in [0.2, 0.25) is 5.88 Å². The maximum atomic E-state index is 8.90. The molecule has 3 N–H and O–H groups in total. The van der Waals surface area contributed by atoms with Crippen LogP contribution in [0.5, 0.6) is 11.6 Å². The van der Waals surface area contributed by atoms with E-state index in [0.29, 0.717) is 5.75 Å². The highest BCUT2D eigenvalue weighted by molar-refractivity contribution is 6.34. The maximum absolute atomic E-state index is 8.90. The molecule has 1 aromatic heterocycles. The summed E-state index contributed by atoms with van der Waals surface area (Å²) in [7, 11) is 0. The zero-order valence-corrected chi connectivity index (χ0v) is 9.55. The molecule has 0 saturated heterocycles. The van der Waals surface area contributed by atoms with E-state index in [1.807, 2.05) is 0 Å². The molecule has 1 heterocycles. The number of ether oxygens (including phenoxy) is 1. The molecule has 0 atom stereocenters. The molecule has 1 aromatic carbocycles. The number of nitrogens with two attached hydrogens (primary N) is 1. The Morgan fingerprint density at radius 1 is 1.24 bits per heavy atom. The highest BCUT2D eigenvalue weighted by Gasteiger charge is 2.08. The Labute approximate surface area is 103 Å². The van der Waals surface area contributed by atoms with E-state index in [9.17, 15) is 0 Å². The highest BCUT2D eigenvalue weighted by atomic mass is 35.5. The zero-order valence-electron chi connectivity index (χ0n) is 8.80. The van der Waals surface area contributed by atoms with E-state index in [4.69, 9.17) is 27.2 Å². The molecule has 0 aliphatic carbocycles. The predicted molar refractivity (Wildman–Crippen MR) is 63.9 cm³/mol. The van der Waals surface area contributed by atoms with Crippen molar-refractivity contribution in [3.8, 4) is 11.6 Å². The minimum Gasteiger partial charge on any atom is -0.437 e. The van der Waals surface area contributed by atoms with Crippen LogP contribution in [0.15, 0.2) is 30.6 Å². The minimum absolute atomic E-state index is 0.0124. The van der Waals surface area contributed by atoms with Gasteiger partial charge in [-0.2, -0.15) is 4.98 Å². The van der Waals surface area contributed by atoms with Crippen molar-refractivity contribution >= 4 is 17.4 Å². The van der Waals surface area contributed by atoms with Crippen molar-refractivity contribution in [1.29, 1.82) is 0 Å². The number of aliphatic hydroxyl groups is 1. The van der Waals surface area contributed by atoms with Gasteiger partial charge >= 0.3 is 0 Å². The lowest BCUT2D eigenvalue weighted by molar-refractivity contribution is 0.281. The van der Waals surface area contributed by atoms with Crippen LogP contribution in [0.2, 0.25) is 5.02 Å².